The van der Waals surface area contributed by atoms with Gasteiger partial charge in [0, 0.05) is 23.5 Å². The van der Waals surface area contributed by atoms with Gasteiger partial charge in [-0.25, -0.2) is 4.98 Å². The first-order chi connectivity index (χ1) is 7.90. The minimum atomic E-state index is -0.252. The van der Waals surface area contributed by atoms with Crippen LogP contribution < -0.4 is 5.73 Å². The van der Waals surface area contributed by atoms with Crippen LogP contribution in [-0.2, 0) is 13.0 Å². The van der Waals surface area contributed by atoms with Crippen molar-refractivity contribution in [1.29, 1.82) is 0 Å². The zero-order chi connectivity index (χ0) is 12.6. The number of rotatable bonds is 3. The Kier molecular flexibility index (Phi) is 3.15. The number of fused-ring (bicyclic) bond motifs is 1. The van der Waals surface area contributed by atoms with Gasteiger partial charge < -0.3 is 10.3 Å². The monoisotopic (exact) mass is 251 g/mol. The number of nitrogens with two attached hydrogens (primary N) is 1. The SMILES string of the molecule is CCn1c(CC(C)(C)N)nc2ccc(Cl)cc21. The molecule has 0 aliphatic heterocycles. The van der Waals surface area contributed by atoms with Crippen LogP contribution in [0.2, 0.25) is 5.02 Å². The Labute approximate surface area is 107 Å². The molecule has 0 amide bonds. The van der Waals surface area contributed by atoms with Crippen LogP contribution in [0.15, 0.2) is 18.2 Å². The van der Waals surface area contributed by atoms with Crippen molar-refractivity contribution >= 4 is 22.6 Å². The van der Waals surface area contributed by atoms with Crippen LogP contribution in [0.4, 0.5) is 0 Å². The third kappa shape index (κ3) is 2.61. The molecule has 0 aliphatic rings. The molecule has 0 radical (unpaired) electrons. The fourth-order valence-electron chi connectivity index (χ4n) is 2.04. The molecule has 1 aromatic heterocycles. The highest BCUT2D eigenvalue weighted by molar-refractivity contribution is 6.31. The van der Waals surface area contributed by atoms with E-state index in [-0.39, 0.29) is 5.54 Å². The summed E-state index contributed by atoms with van der Waals surface area (Å²) in [6.45, 7) is 7.01. The van der Waals surface area contributed by atoms with Crippen LogP contribution in [0, 0.1) is 0 Å². The van der Waals surface area contributed by atoms with Gasteiger partial charge >= 0.3 is 0 Å². The smallest absolute Gasteiger partial charge is 0.111 e. The van der Waals surface area contributed by atoms with Crippen LogP contribution in [0.1, 0.15) is 26.6 Å². The molecule has 0 saturated heterocycles. The van der Waals surface area contributed by atoms with E-state index in [4.69, 9.17) is 17.3 Å². The van der Waals surface area contributed by atoms with Gasteiger partial charge in [-0.2, -0.15) is 0 Å². The van der Waals surface area contributed by atoms with Crippen LogP contribution in [0.3, 0.4) is 0 Å². The molecule has 0 saturated carbocycles. The van der Waals surface area contributed by atoms with Gasteiger partial charge in [0.25, 0.3) is 0 Å². The second kappa shape index (κ2) is 4.31. The zero-order valence-corrected chi connectivity index (χ0v) is 11.3. The first kappa shape index (κ1) is 12.4. The van der Waals surface area contributed by atoms with Gasteiger partial charge in [-0.05, 0) is 39.0 Å². The first-order valence-corrected chi connectivity index (χ1v) is 6.22. The Balaban J connectivity index is 2.56. The highest BCUT2D eigenvalue weighted by Crippen LogP contribution is 2.22. The molecule has 92 valence electrons. The van der Waals surface area contributed by atoms with Crippen molar-refractivity contribution in [3.05, 3.63) is 29.0 Å². The number of aryl methyl sites for hydroxylation is 1. The standard InChI is InChI=1S/C13H18ClN3/c1-4-17-11-7-9(14)5-6-10(11)16-12(17)8-13(2,3)15/h5-7H,4,8,15H2,1-3H3. The molecule has 2 rings (SSSR count). The van der Waals surface area contributed by atoms with E-state index in [2.05, 4.69) is 16.5 Å². The van der Waals surface area contributed by atoms with Crippen LogP contribution in [-0.4, -0.2) is 15.1 Å². The summed E-state index contributed by atoms with van der Waals surface area (Å²) in [6, 6.07) is 5.78. The Morgan fingerprint density at radius 2 is 2.12 bits per heavy atom. The third-order valence-corrected chi connectivity index (χ3v) is 2.95. The van der Waals surface area contributed by atoms with Gasteiger partial charge in [0.15, 0.2) is 0 Å². The first-order valence-electron chi connectivity index (χ1n) is 5.84. The van der Waals surface area contributed by atoms with Gasteiger partial charge in [0.1, 0.15) is 5.82 Å². The van der Waals surface area contributed by atoms with E-state index in [9.17, 15) is 0 Å². The van der Waals surface area contributed by atoms with Gasteiger partial charge in [-0.3, -0.25) is 0 Å². The second-order valence-electron chi connectivity index (χ2n) is 5.07. The molecule has 0 spiro atoms. The predicted octanol–water partition coefficient (Wildman–Crippen LogP) is 2.99. The van der Waals surface area contributed by atoms with Gasteiger partial charge in [0.2, 0.25) is 0 Å². The van der Waals surface area contributed by atoms with Crippen molar-refractivity contribution in [2.75, 3.05) is 0 Å². The summed E-state index contributed by atoms with van der Waals surface area (Å²) in [5.74, 6) is 1.03. The number of hydrogen-bond acceptors (Lipinski definition) is 2. The van der Waals surface area contributed by atoms with Gasteiger partial charge in [-0.15, -0.1) is 0 Å². The molecule has 4 heteroatoms. The number of aromatic nitrogens is 2. The molecule has 0 bridgehead atoms. The molecule has 3 nitrogen and oxygen atoms in total. The summed E-state index contributed by atoms with van der Waals surface area (Å²) in [6.07, 6.45) is 0.757. The molecule has 2 N–H and O–H groups in total. The zero-order valence-electron chi connectivity index (χ0n) is 10.5. The summed E-state index contributed by atoms with van der Waals surface area (Å²) >= 11 is 6.02. The average Bonchev–Trinajstić information content (AvgIpc) is 2.51. The topological polar surface area (TPSA) is 43.8 Å². The van der Waals surface area contributed by atoms with Crippen molar-refractivity contribution in [1.82, 2.24) is 9.55 Å². The van der Waals surface area contributed by atoms with Crippen molar-refractivity contribution in [2.24, 2.45) is 5.73 Å². The maximum Gasteiger partial charge on any atom is 0.111 e. The minimum absolute atomic E-state index is 0.252. The summed E-state index contributed by atoms with van der Waals surface area (Å²) in [5, 5.41) is 0.741. The summed E-state index contributed by atoms with van der Waals surface area (Å²) in [7, 11) is 0. The van der Waals surface area contributed by atoms with E-state index in [1.165, 1.54) is 0 Å². The molecular formula is C13H18ClN3. The number of hydrogen-bond donors (Lipinski definition) is 1. The Hall–Kier alpha value is -1.06. The largest absolute Gasteiger partial charge is 0.328 e. The lowest BCUT2D eigenvalue weighted by Crippen LogP contribution is -2.35. The fraction of sp³-hybridized carbons (Fsp3) is 0.462. The third-order valence-electron chi connectivity index (χ3n) is 2.72. The van der Waals surface area contributed by atoms with Crippen LogP contribution in [0.5, 0.6) is 0 Å². The molecule has 2 aromatic rings. The highest BCUT2D eigenvalue weighted by atomic mass is 35.5. The minimum Gasteiger partial charge on any atom is -0.328 e. The quantitative estimate of drug-likeness (QED) is 0.912. The lowest BCUT2D eigenvalue weighted by Gasteiger charge is -2.18. The van der Waals surface area contributed by atoms with Crippen LogP contribution in [0.25, 0.3) is 11.0 Å². The lowest BCUT2D eigenvalue weighted by molar-refractivity contribution is 0.490. The number of imidazole rings is 1. The maximum absolute atomic E-state index is 6.06. The summed E-state index contributed by atoms with van der Waals surface area (Å²) < 4.78 is 2.18. The molecule has 0 fully saturated rings. The molecule has 1 heterocycles. The van der Waals surface area contributed by atoms with E-state index in [0.29, 0.717) is 0 Å². The summed E-state index contributed by atoms with van der Waals surface area (Å²) in [4.78, 5) is 4.63. The normalized spacial score (nSPS) is 12.3. The van der Waals surface area contributed by atoms with E-state index in [1.807, 2.05) is 32.0 Å². The lowest BCUT2D eigenvalue weighted by atomic mass is 10.0. The highest BCUT2D eigenvalue weighted by Gasteiger charge is 2.17. The van der Waals surface area contributed by atoms with E-state index in [0.717, 1.165) is 34.8 Å². The second-order valence-corrected chi connectivity index (χ2v) is 5.51. The number of nitrogens with zero attached hydrogens (tertiary/aromatic N) is 2. The van der Waals surface area contributed by atoms with Gasteiger partial charge in [0.05, 0.1) is 11.0 Å². The number of halogens is 1. The molecule has 0 aliphatic carbocycles. The fourth-order valence-corrected chi connectivity index (χ4v) is 2.21. The van der Waals surface area contributed by atoms with Crippen LogP contribution >= 0.6 is 11.6 Å². The van der Waals surface area contributed by atoms with E-state index < -0.39 is 0 Å². The molecular weight excluding hydrogens is 234 g/mol. The Morgan fingerprint density at radius 1 is 1.41 bits per heavy atom. The Morgan fingerprint density at radius 3 is 2.71 bits per heavy atom. The number of benzene rings is 1. The van der Waals surface area contributed by atoms with Crippen molar-refractivity contribution in [3.8, 4) is 0 Å². The molecule has 0 unspecified atom stereocenters. The predicted molar refractivity (Wildman–Crippen MR) is 72.4 cm³/mol. The summed E-state index contributed by atoms with van der Waals surface area (Å²) in [5.41, 5.74) is 7.88. The average molecular weight is 252 g/mol. The molecule has 0 atom stereocenters. The molecule has 1 aromatic carbocycles. The van der Waals surface area contributed by atoms with Crippen molar-refractivity contribution in [3.63, 3.8) is 0 Å². The van der Waals surface area contributed by atoms with E-state index in [1.54, 1.807) is 0 Å². The van der Waals surface area contributed by atoms with E-state index >= 15 is 0 Å². The van der Waals surface area contributed by atoms with Gasteiger partial charge in [-0.1, -0.05) is 11.6 Å². The van der Waals surface area contributed by atoms with Crippen molar-refractivity contribution < 1.29 is 0 Å². The Bertz CT molecular complexity index is 537. The molecule has 17 heavy (non-hydrogen) atoms. The van der Waals surface area contributed by atoms with Crippen molar-refractivity contribution in [2.45, 2.75) is 39.3 Å². The maximum atomic E-state index is 6.06.